The number of nitrogens with one attached hydrogen (secondary N) is 1. The van der Waals surface area contributed by atoms with E-state index in [0.717, 1.165) is 58.5 Å². The standard InChI is InChI=1S/C13H25N3O2.2ClH/c1-11(10-16-6-8-18-9-7-16)15-12(17)13(14)4-2-3-5-13;;/h11H,2-10,14H2,1H3,(H,15,17);2*1H. The number of nitrogens with two attached hydrogens (primary N) is 1. The van der Waals surface area contributed by atoms with Crippen LogP contribution in [-0.2, 0) is 9.53 Å². The molecule has 0 aromatic rings. The maximum atomic E-state index is 12.1. The summed E-state index contributed by atoms with van der Waals surface area (Å²) < 4.78 is 5.31. The SMILES string of the molecule is CC(CN1CCOCC1)NC(=O)C1(N)CCCC1.Cl.Cl. The summed E-state index contributed by atoms with van der Waals surface area (Å²) in [5, 5.41) is 3.06. The Morgan fingerprint density at radius 2 is 1.85 bits per heavy atom. The van der Waals surface area contributed by atoms with E-state index in [-0.39, 0.29) is 36.8 Å². The Kier molecular flexibility index (Phi) is 9.02. The monoisotopic (exact) mass is 327 g/mol. The predicted octanol–water partition coefficient (Wildman–Crippen LogP) is 0.938. The average molecular weight is 328 g/mol. The van der Waals surface area contributed by atoms with E-state index in [9.17, 15) is 4.79 Å². The third-order valence-corrected chi connectivity index (χ3v) is 3.96. The van der Waals surface area contributed by atoms with Gasteiger partial charge in [-0.25, -0.2) is 0 Å². The highest BCUT2D eigenvalue weighted by molar-refractivity contribution is 5.86. The van der Waals surface area contributed by atoms with Crippen molar-refractivity contribution in [3.63, 3.8) is 0 Å². The van der Waals surface area contributed by atoms with E-state index < -0.39 is 5.54 Å². The molecule has 20 heavy (non-hydrogen) atoms. The first-order valence-corrected chi connectivity index (χ1v) is 7.00. The molecule has 0 aromatic heterocycles. The van der Waals surface area contributed by atoms with Gasteiger partial charge in [0.05, 0.1) is 18.8 Å². The normalized spacial score (nSPS) is 23.3. The number of halogens is 2. The first-order chi connectivity index (χ1) is 8.60. The molecule has 3 N–H and O–H groups in total. The van der Waals surface area contributed by atoms with Crippen LogP contribution < -0.4 is 11.1 Å². The van der Waals surface area contributed by atoms with E-state index in [0.29, 0.717) is 0 Å². The zero-order valence-electron chi connectivity index (χ0n) is 12.1. The Labute approximate surface area is 133 Å². The molecule has 0 radical (unpaired) electrons. The summed E-state index contributed by atoms with van der Waals surface area (Å²) >= 11 is 0. The summed E-state index contributed by atoms with van der Waals surface area (Å²) in [7, 11) is 0. The first-order valence-electron chi connectivity index (χ1n) is 7.00. The quantitative estimate of drug-likeness (QED) is 0.806. The molecule has 2 aliphatic rings. The van der Waals surface area contributed by atoms with Crippen molar-refractivity contribution < 1.29 is 9.53 Å². The summed E-state index contributed by atoms with van der Waals surface area (Å²) in [6.45, 7) is 6.42. The van der Waals surface area contributed by atoms with Crippen LogP contribution in [0.5, 0.6) is 0 Å². The van der Waals surface area contributed by atoms with Crippen LogP contribution in [-0.4, -0.2) is 55.2 Å². The Bertz CT molecular complexity index is 293. The fraction of sp³-hybridized carbons (Fsp3) is 0.923. The molecule has 5 nitrogen and oxygen atoms in total. The molecule has 2 rings (SSSR count). The summed E-state index contributed by atoms with van der Waals surface area (Å²) in [6, 6.07) is 0.150. The minimum absolute atomic E-state index is 0. The minimum atomic E-state index is -0.612. The average Bonchev–Trinajstić information content (AvgIpc) is 2.78. The second-order valence-corrected chi connectivity index (χ2v) is 5.65. The number of morpholine rings is 1. The van der Waals surface area contributed by atoms with Gasteiger partial charge in [0.2, 0.25) is 5.91 Å². The third-order valence-electron chi connectivity index (χ3n) is 3.96. The van der Waals surface area contributed by atoms with Crippen LogP contribution in [0.2, 0.25) is 0 Å². The van der Waals surface area contributed by atoms with E-state index in [1.54, 1.807) is 0 Å². The fourth-order valence-electron chi connectivity index (χ4n) is 2.82. The zero-order valence-corrected chi connectivity index (χ0v) is 13.7. The van der Waals surface area contributed by atoms with Crippen molar-refractivity contribution in [3.05, 3.63) is 0 Å². The van der Waals surface area contributed by atoms with Gasteiger partial charge in [-0.2, -0.15) is 0 Å². The molecule has 0 spiro atoms. The van der Waals surface area contributed by atoms with Crippen molar-refractivity contribution in [2.75, 3.05) is 32.8 Å². The molecule has 1 amide bonds. The topological polar surface area (TPSA) is 67.6 Å². The van der Waals surface area contributed by atoms with E-state index in [1.807, 2.05) is 6.92 Å². The maximum Gasteiger partial charge on any atom is 0.240 e. The van der Waals surface area contributed by atoms with Crippen molar-refractivity contribution in [1.82, 2.24) is 10.2 Å². The number of ether oxygens (including phenoxy) is 1. The number of amides is 1. The number of carbonyl (C=O) groups excluding carboxylic acids is 1. The molecule has 0 aromatic carbocycles. The molecule has 1 atom stereocenters. The van der Waals surface area contributed by atoms with E-state index in [4.69, 9.17) is 10.5 Å². The Hall–Kier alpha value is -0.0700. The van der Waals surface area contributed by atoms with E-state index in [1.165, 1.54) is 0 Å². The van der Waals surface area contributed by atoms with Gasteiger partial charge in [0.15, 0.2) is 0 Å². The Morgan fingerprint density at radius 1 is 1.30 bits per heavy atom. The van der Waals surface area contributed by atoms with Gasteiger partial charge in [0, 0.05) is 25.7 Å². The van der Waals surface area contributed by atoms with E-state index >= 15 is 0 Å². The molecule has 1 saturated heterocycles. The molecule has 1 saturated carbocycles. The van der Waals surface area contributed by atoms with Crippen molar-refractivity contribution in [1.29, 1.82) is 0 Å². The molecule has 2 fully saturated rings. The smallest absolute Gasteiger partial charge is 0.240 e. The lowest BCUT2D eigenvalue weighted by atomic mass is 9.98. The molecular formula is C13H27Cl2N3O2. The molecule has 0 bridgehead atoms. The van der Waals surface area contributed by atoms with Gasteiger partial charge in [0.25, 0.3) is 0 Å². The Morgan fingerprint density at radius 3 is 2.40 bits per heavy atom. The van der Waals surface area contributed by atoms with Gasteiger partial charge in [-0.15, -0.1) is 24.8 Å². The number of hydrogen-bond donors (Lipinski definition) is 2. The summed E-state index contributed by atoms with van der Waals surface area (Å²) in [4.78, 5) is 14.5. The van der Waals surface area contributed by atoms with E-state index in [2.05, 4.69) is 10.2 Å². The molecule has 1 aliphatic heterocycles. The number of nitrogens with zero attached hydrogens (tertiary/aromatic N) is 1. The predicted molar refractivity (Wildman–Crippen MR) is 84.7 cm³/mol. The van der Waals surface area contributed by atoms with Crippen LogP contribution in [0, 0.1) is 0 Å². The minimum Gasteiger partial charge on any atom is -0.379 e. The molecule has 1 aliphatic carbocycles. The van der Waals surface area contributed by atoms with Crippen LogP contribution in [0.4, 0.5) is 0 Å². The summed E-state index contributed by atoms with van der Waals surface area (Å²) in [5.74, 6) is 0.0285. The number of hydrogen-bond acceptors (Lipinski definition) is 4. The van der Waals surface area contributed by atoms with Gasteiger partial charge < -0.3 is 15.8 Å². The third kappa shape index (κ3) is 5.37. The lowest BCUT2D eigenvalue weighted by Crippen LogP contribution is -2.56. The molecule has 120 valence electrons. The summed E-state index contributed by atoms with van der Waals surface area (Å²) in [5.41, 5.74) is 5.53. The van der Waals surface area contributed by atoms with Crippen molar-refractivity contribution in [3.8, 4) is 0 Å². The largest absolute Gasteiger partial charge is 0.379 e. The number of carbonyl (C=O) groups is 1. The second-order valence-electron chi connectivity index (χ2n) is 5.65. The van der Waals surface area contributed by atoms with Gasteiger partial charge in [-0.1, -0.05) is 12.8 Å². The maximum absolute atomic E-state index is 12.1. The van der Waals surface area contributed by atoms with Crippen LogP contribution in [0.1, 0.15) is 32.6 Å². The molecule has 1 heterocycles. The zero-order chi connectivity index (χ0) is 13.0. The van der Waals surface area contributed by atoms with Gasteiger partial charge >= 0.3 is 0 Å². The molecular weight excluding hydrogens is 301 g/mol. The summed E-state index contributed by atoms with van der Waals surface area (Å²) in [6.07, 6.45) is 3.79. The highest BCUT2D eigenvalue weighted by Crippen LogP contribution is 2.27. The van der Waals surface area contributed by atoms with Crippen molar-refractivity contribution in [2.45, 2.75) is 44.2 Å². The lowest BCUT2D eigenvalue weighted by Gasteiger charge is -2.31. The van der Waals surface area contributed by atoms with Crippen molar-refractivity contribution in [2.24, 2.45) is 5.73 Å². The molecule has 1 unspecified atom stereocenters. The highest BCUT2D eigenvalue weighted by atomic mass is 35.5. The first kappa shape index (κ1) is 19.9. The highest BCUT2D eigenvalue weighted by Gasteiger charge is 2.37. The Balaban J connectivity index is 0.00000180. The van der Waals surface area contributed by atoms with Crippen LogP contribution in [0.3, 0.4) is 0 Å². The molecule has 7 heteroatoms. The lowest BCUT2D eigenvalue weighted by molar-refractivity contribution is -0.127. The number of rotatable bonds is 4. The van der Waals surface area contributed by atoms with Gasteiger partial charge in [-0.3, -0.25) is 9.69 Å². The van der Waals surface area contributed by atoms with Crippen molar-refractivity contribution >= 4 is 30.7 Å². The van der Waals surface area contributed by atoms with Crippen LogP contribution in [0.15, 0.2) is 0 Å². The van der Waals surface area contributed by atoms with Crippen LogP contribution >= 0.6 is 24.8 Å². The fourth-order valence-corrected chi connectivity index (χ4v) is 2.82. The van der Waals surface area contributed by atoms with Gasteiger partial charge in [-0.05, 0) is 19.8 Å². The second kappa shape index (κ2) is 9.05. The van der Waals surface area contributed by atoms with Crippen LogP contribution in [0.25, 0.3) is 0 Å². The van der Waals surface area contributed by atoms with Gasteiger partial charge in [0.1, 0.15) is 0 Å².